The summed E-state index contributed by atoms with van der Waals surface area (Å²) in [7, 11) is 0. The van der Waals surface area contributed by atoms with Crippen LogP contribution in [0.4, 0.5) is 0 Å². The van der Waals surface area contributed by atoms with Crippen molar-refractivity contribution in [1.82, 2.24) is 14.8 Å². The van der Waals surface area contributed by atoms with Crippen LogP contribution in [0.1, 0.15) is 68.3 Å². The third kappa shape index (κ3) is 3.70. The van der Waals surface area contributed by atoms with Crippen molar-refractivity contribution in [3.05, 3.63) is 65.4 Å². The lowest BCUT2D eigenvalue weighted by Crippen LogP contribution is -2.64. The van der Waals surface area contributed by atoms with Gasteiger partial charge in [0.1, 0.15) is 24.4 Å². The Kier molecular flexibility index (Phi) is 5.75. The molecule has 2 aromatic carbocycles. The number of H-pyrrole nitrogens is 1. The minimum atomic E-state index is -0.495. The number of aromatic amines is 1. The van der Waals surface area contributed by atoms with E-state index in [9.17, 15) is 9.59 Å². The second kappa shape index (κ2) is 9.06. The van der Waals surface area contributed by atoms with Gasteiger partial charge in [-0.2, -0.15) is 0 Å². The van der Waals surface area contributed by atoms with E-state index < -0.39 is 6.04 Å². The maximum Gasteiger partial charge on any atom is 0.246 e. The van der Waals surface area contributed by atoms with E-state index in [1.54, 1.807) is 0 Å². The van der Waals surface area contributed by atoms with E-state index in [1.165, 1.54) is 12.8 Å². The van der Waals surface area contributed by atoms with Crippen molar-refractivity contribution in [1.29, 1.82) is 0 Å². The summed E-state index contributed by atoms with van der Waals surface area (Å²) in [5.41, 5.74) is 4.10. The number of piperazine rings is 1. The molecule has 6 nitrogen and oxygen atoms in total. The van der Waals surface area contributed by atoms with Gasteiger partial charge in [0, 0.05) is 34.6 Å². The Morgan fingerprint density at radius 2 is 1.71 bits per heavy atom. The van der Waals surface area contributed by atoms with Crippen LogP contribution in [-0.2, 0) is 16.0 Å². The molecule has 3 aromatic rings. The first-order chi connectivity index (χ1) is 17.2. The van der Waals surface area contributed by atoms with Crippen LogP contribution in [0.25, 0.3) is 10.9 Å². The molecular formula is C29H33N3O3. The van der Waals surface area contributed by atoms with Crippen molar-refractivity contribution < 1.29 is 14.3 Å². The van der Waals surface area contributed by atoms with Gasteiger partial charge in [-0.25, -0.2) is 0 Å². The van der Waals surface area contributed by atoms with Crippen molar-refractivity contribution in [2.24, 2.45) is 0 Å². The first kappa shape index (κ1) is 22.2. The minimum Gasteiger partial charge on any atom is -0.494 e. The van der Waals surface area contributed by atoms with Crippen LogP contribution in [0.5, 0.6) is 5.75 Å². The molecule has 1 saturated carbocycles. The third-order valence-electron chi connectivity index (χ3n) is 8.07. The number of para-hydroxylation sites is 2. The monoisotopic (exact) mass is 471 g/mol. The zero-order chi connectivity index (χ0) is 23.9. The molecule has 2 aliphatic heterocycles. The lowest BCUT2D eigenvalue weighted by Gasteiger charge is -2.49. The topological polar surface area (TPSA) is 65.6 Å². The fraction of sp³-hybridized carbons (Fsp3) is 0.448. The van der Waals surface area contributed by atoms with Gasteiger partial charge >= 0.3 is 0 Å². The van der Waals surface area contributed by atoms with Gasteiger partial charge < -0.3 is 19.5 Å². The Balaban J connectivity index is 1.48. The SMILES string of the molecule is CCOc1ccccc1C1c2[nH]c3ccccc3c2C[C@H]2C(=O)N(C3CCCCCC3)CC(=O)N12. The summed E-state index contributed by atoms with van der Waals surface area (Å²) in [6.45, 7) is 2.67. The number of aromatic nitrogens is 1. The first-order valence-corrected chi connectivity index (χ1v) is 13.1. The zero-order valence-electron chi connectivity index (χ0n) is 20.3. The zero-order valence-corrected chi connectivity index (χ0v) is 20.3. The highest BCUT2D eigenvalue weighted by molar-refractivity contribution is 5.98. The number of ether oxygens (including phenoxy) is 1. The maximum absolute atomic E-state index is 14.1. The van der Waals surface area contributed by atoms with E-state index in [4.69, 9.17) is 4.74 Å². The fourth-order valence-electron chi connectivity index (χ4n) is 6.48. The highest BCUT2D eigenvalue weighted by atomic mass is 16.5. The predicted octanol–water partition coefficient (Wildman–Crippen LogP) is 4.97. The maximum atomic E-state index is 14.1. The van der Waals surface area contributed by atoms with Gasteiger partial charge in [0.25, 0.3) is 0 Å². The summed E-state index contributed by atoms with van der Waals surface area (Å²) in [5.74, 6) is 0.891. The van der Waals surface area contributed by atoms with Crippen LogP contribution < -0.4 is 4.74 Å². The molecule has 1 unspecified atom stereocenters. The smallest absolute Gasteiger partial charge is 0.246 e. The quantitative estimate of drug-likeness (QED) is 0.546. The Bertz CT molecular complexity index is 1260. The number of amides is 2. The number of hydrogen-bond donors (Lipinski definition) is 1. The number of carbonyl (C=O) groups excluding carboxylic acids is 2. The van der Waals surface area contributed by atoms with Gasteiger partial charge in [-0.15, -0.1) is 0 Å². The van der Waals surface area contributed by atoms with E-state index in [-0.39, 0.29) is 30.4 Å². The normalized spacial score (nSPS) is 23.2. The summed E-state index contributed by atoms with van der Waals surface area (Å²) in [6, 6.07) is 15.5. The molecular weight excluding hydrogens is 438 g/mol. The Labute approximate surface area is 206 Å². The standard InChI is InChI=1S/C29H33N3O3/c1-2-35-25-16-10-8-14-21(25)28-27-22(20-13-7-9-15-23(20)30-27)17-24-29(34)31(18-26(33)32(24)28)19-11-5-3-4-6-12-19/h7-10,13-16,19,24,28,30H,2-6,11-12,17-18H2,1H3/t24-,28?/m0/s1. The van der Waals surface area contributed by atoms with E-state index in [0.29, 0.717) is 13.0 Å². The highest BCUT2D eigenvalue weighted by Gasteiger charge is 2.49. The second-order valence-electron chi connectivity index (χ2n) is 10.1. The molecule has 1 N–H and O–H groups in total. The molecule has 3 heterocycles. The summed E-state index contributed by atoms with van der Waals surface area (Å²) < 4.78 is 6.00. The lowest BCUT2D eigenvalue weighted by molar-refractivity contribution is -0.161. The number of nitrogens with one attached hydrogen (secondary N) is 1. The molecule has 0 bridgehead atoms. The molecule has 2 atom stereocenters. The van der Waals surface area contributed by atoms with Crippen molar-refractivity contribution in [2.75, 3.05) is 13.2 Å². The molecule has 0 spiro atoms. The molecule has 1 aliphatic carbocycles. The van der Waals surface area contributed by atoms with Crippen LogP contribution in [0.2, 0.25) is 0 Å². The number of carbonyl (C=O) groups is 2. The van der Waals surface area contributed by atoms with E-state index in [1.807, 2.05) is 53.1 Å². The van der Waals surface area contributed by atoms with E-state index >= 15 is 0 Å². The average Bonchev–Trinajstić information content (AvgIpc) is 3.04. The average molecular weight is 472 g/mol. The molecule has 1 aromatic heterocycles. The summed E-state index contributed by atoms with van der Waals surface area (Å²) in [6.07, 6.45) is 7.25. The van der Waals surface area contributed by atoms with Crippen molar-refractivity contribution >= 4 is 22.7 Å². The molecule has 35 heavy (non-hydrogen) atoms. The molecule has 182 valence electrons. The first-order valence-electron chi connectivity index (χ1n) is 13.1. The van der Waals surface area contributed by atoms with E-state index in [2.05, 4.69) is 17.1 Å². The van der Waals surface area contributed by atoms with Gasteiger partial charge in [-0.1, -0.05) is 62.1 Å². The number of hydrogen-bond acceptors (Lipinski definition) is 3. The van der Waals surface area contributed by atoms with Crippen LogP contribution in [0.3, 0.4) is 0 Å². The number of nitrogens with zero attached hydrogens (tertiary/aromatic N) is 2. The summed E-state index contributed by atoms with van der Waals surface area (Å²) >= 11 is 0. The largest absolute Gasteiger partial charge is 0.494 e. The Morgan fingerprint density at radius 3 is 2.51 bits per heavy atom. The molecule has 0 radical (unpaired) electrons. The van der Waals surface area contributed by atoms with Gasteiger partial charge in [0.05, 0.1) is 6.61 Å². The minimum absolute atomic E-state index is 0.0273. The third-order valence-corrected chi connectivity index (χ3v) is 8.07. The Hall–Kier alpha value is -3.28. The predicted molar refractivity (Wildman–Crippen MR) is 135 cm³/mol. The molecule has 1 saturated heterocycles. The fourth-order valence-corrected chi connectivity index (χ4v) is 6.48. The van der Waals surface area contributed by atoms with Gasteiger partial charge in [-0.05, 0) is 37.5 Å². The molecule has 2 amide bonds. The molecule has 3 aliphatic rings. The van der Waals surface area contributed by atoms with Crippen LogP contribution >= 0.6 is 0 Å². The van der Waals surface area contributed by atoms with Gasteiger partial charge in [-0.3, -0.25) is 9.59 Å². The van der Waals surface area contributed by atoms with Crippen LogP contribution in [0.15, 0.2) is 48.5 Å². The number of fused-ring (bicyclic) bond motifs is 4. The van der Waals surface area contributed by atoms with Crippen molar-refractivity contribution in [2.45, 2.75) is 70.0 Å². The Morgan fingerprint density at radius 1 is 0.971 bits per heavy atom. The van der Waals surface area contributed by atoms with Crippen molar-refractivity contribution in [3.8, 4) is 5.75 Å². The van der Waals surface area contributed by atoms with Crippen LogP contribution in [0, 0.1) is 0 Å². The lowest BCUT2D eigenvalue weighted by atomic mass is 9.85. The molecule has 2 fully saturated rings. The van der Waals surface area contributed by atoms with Gasteiger partial charge in [0.2, 0.25) is 11.8 Å². The number of benzene rings is 2. The number of rotatable bonds is 4. The van der Waals surface area contributed by atoms with Crippen molar-refractivity contribution in [3.63, 3.8) is 0 Å². The summed E-state index contributed by atoms with van der Waals surface area (Å²) in [5, 5.41) is 1.13. The molecule has 6 rings (SSSR count). The molecule has 6 heteroatoms. The highest BCUT2D eigenvalue weighted by Crippen LogP contribution is 2.45. The van der Waals surface area contributed by atoms with Gasteiger partial charge in [0.15, 0.2) is 0 Å². The summed E-state index contributed by atoms with van der Waals surface area (Å²) in [4.78, 5) is 35.3. The van der Waals surface area contributed by atoms with E-state index in [0.717, 1.165) is 59.2 Å². The second-order valence-corrected chi connectivity index (χ2v) is 10.1. The van der Waals surface area contributed by atoms with Crippen LogP contribution in [-0.4, -0.2) is 51.8 Å².